The zero-order chi connectivity index (χ0) is 15.4. The molecule has 1 N–H and O–H groups in total. The number of nitro benzene ring substituents is 1. The molecule has 8 heteroatoms. The number of benzene rings is 1. The van der Waals surface area contributed by atoms with Crippen molar-refractivity contribution in [2.24, 2.45) is 0 Å². The number of hydrogen-bond donors (Lipinski definition) is 1. The first-order valence-electron chi connectivity index (χ1n) is 6.57. The predicted molar refractivity (Wildman–Crippen MR) is 86.4 cm³/mol. The summed E-state index contributed by atoms with van der Waals surface area (Å²) in [5.74, 6) is 0. The minimum Gasteiger partial charge on any atom is -0.308 e. The molecule has 2 aromatic rings. The summed E-state index contributed by atoms with van der Waals surface area (Å²) in [6, 6.07) is 4.97. The summed E-state index contributed by atoms with van der Waals surface area (Å²) >= 11 is 4.75. The van der Waals surface area contributed by atoms with Gasteiger partial charge in [-0.25, -0.2) is 0 Å². The second kappa shape index (κ2) is 7.06. The van der Waals surface area contributed by atoms with Crippen molar-refractivity contribution in [1.82, 2.24) is 15.5 Å². The van der Waals surface area contributed by atoms with E-state index in [0.717, 1.165) is 18.0 Å². The van der Waals surface area contributed by atoms with Crippen LogP contribution in [0.5, 0.6) is 0 Å². The Bertz CT molecular complexity index is 647. The van der Waals surface area contributed by atoms with Gasteiger partial charge in [0.15, 0.2) is 0 Å². The maximum Gasteiger partial charge on any atom is 0.271 e. The van der Waals surface area contributed by atoms with E-state index in [9.17, 15) is 10.1 Å². The number of nitro groups is 1. The number of aromatic nitrogens is 2. The van der Waals surface area contributed by atoms with Gasteiger partial charge in [-0.3, -0.25) is 10.1 Å². The summed E-state index contributed by atoms with van der Waals surface area (Å²) in [6.07, 6.45) is 0.918. The molecule has 0 aliphatic heterocycles. The average Bonchev–Trinajstić information content (AvgIpc) is 2.93. The van der Waals surface area contributed by atoms with Crippen LogP contribution in [-0.2, 0) is 0 Å². The molecule has 2 rings (SSSR count). The molecule has 0 spiro atoms. The van der Waals surface area contributed by atoms with Crippen LogP contribution >= 0.6 is 27.3 Å². The third-order valence-electron chi connectivity index (χ3n) is 2.94. The maximum absolute atomic E-state index is 10.9. The van der Waals surface area contributed by atoms with E-state index < -0.39 is 4.92 Å². The highest BCUT2D eigenvalue weighted by molar-refractivity contribution is 9.10. The van der Waals surface area contributed by atoms with Crippen LogP contribution in [0.1, 0.15) is 31.3 Å². The third kappa shape index (κ3) is 3.84. The summed E-state index contributed by atoms with van der Waals surface area (Å²) in [4.78, 5) is 10.5. The first-order chi connectivity index (χ1) is 10.0. The SMILES string of the molecule is CCNC(CC)c1nnc(-c2cc(Br)cc([N+](=O)[O-])c2)s1. The monoisotopic (exact) mass is 370 g/mol. The van der Waals surface area contributed by atoms with Crippen LogP contribution in [0, 0.1) is 10.1 Å². The van der Waals surface area contributed by atoms with Gasteiger partial charge in [-0.2, -0.15) is 0 Å². The lowest BCUT2D eigenvalue weighted by atomic mass is 10.2. The van der Waals surface area contributed by atoms with Crippen molar-refractivity contribution < 1.29 is 4.92 Å². The first kappa shape index (κ1) is 16.0. The van der Waals surface area contributed by atoms with Crippen molar-refractivity contribution >= 4 is 33.0 Å². The lowest BCUT2D eigenvalue weighted by Gasteiger charge is -2.10. The van der Waals surface area contributed by atoms with Gasteiger partial charge in [-0.05, 0) is 19.0 Å². The maximum atomic E-state index is 10.9. The summed E-state index contributed by atoms with van der Waals surface area (Å²) in [7, 11) is 0. The highest BCUT2D eigenvalue weighted by Crippen LogP contribution is 2.32. The van der Waals surface area contributed by atoms with Gasteiger partial charge in [0, 0.05) is 22.2 Å². The van der Waals surface area contributed by atoms with Gasteiger partial charge in [-0.15, -0.1) is 10.2 Å². The fourth-order valence-electron chi connectivity index (χ4n) is 1.95. The van der Waals surface area contributed by atoms with Crippen LogP contribution < -0.4 is 5.32 Å². The number of hydrogen-bond acceptors (Lipinski definition) is 6. The number of halogens is 1. The molecule has 0 aliphatic carbocycles. The highest BCUT2D eigenvalue weighted by Gasteiger charge is 2.17. The predicted octanol–water partition coefficient (Wildman–Crippen LogP) is 3.94. The van der Waals surface area contributed by atoms with Crippen LogP contribution in [0.25, 0.3) is 10.6 Å². The van der Waals surface area contributed by atoms with E-state index in [4.69, 9.17) is 0 Å². The Hall–Kier alpha value is -1.38. The fraction of sp³-hybridized carbons (Fsp3) is 0.385. The van der Waals surface area contributed by atoms with Crippen molar-refractivity contribution in [3.8, 4) is 10.6 Å². The van der Waals surface area contributed by atoms with Crippen LogP contribution in [0.3, 0.4) is 0 Å². The van der Waals surface area contributed by atoms with E-state index in [1.54, 1.807) is 0 Å². The number of rotatable bonds is 6. The summed E-state index contributed by atoms with van der Waals surface area (Å²) < 4.78 is 0.655. The number of non-ortho nitro benzene ring substituents is 1. The quantitative estimate of drug-likeness (QED) is 0.615. The molecule has 1 atom stereocenters. The molecule has 1 unspecified atom stereocenters. The van der Waals surface area contributed by atoms with E-state index >= 15 is 0 Å². The van der Waals surface area contributed by atoms with Crippen LogP contribution in [0.4, 0.5) is 5.69 Å². The first-order valence-corrected chi connectivity index (χ1v) is 8.18. The van der Waals surface area contributed by atoms with E-state index in [-0.39, 0.29) is 11.7 Å². The fourth-order valence-corrected chi connectivity index (χ4v) is 3.42. The Morgan fingerprint density at radius 3 is 2.76 bits per heavy atom. The van der Waals surface area contributed by atoms with Gasteiger partial charge in [0.2, 0.25) is 0 Å². The molecule has 0 saturated heterocycles. The lowest BCUT2D eigenvalue weighted by molar-refractivity contribution is -0.384. The van der Waals surface area contributed by atoms with Gasteiger partial charge >= 0.3 is 0 Å². The van der Waals surface area contributed by atoms with E-state index in [2.05, 4.69) is 38.4 Å². The number of nitrogens with one attached hydrogen (secondary N) is 1. The van der Waals surface area contributed by atoms with Gasteiger partial charge in [-0.1, -0.05) is 41.1 Å². The Balaban J connectivity index is 2.35. The van der Waals surface area contributed by atoms with Gasteiger partial charge < -0.3 is 5.32 Å². The Morgan fingerprint density at radius 1 is 1.38 bits per heavy atom. The molecule has 0 fully saturated rings. The Kier molecular flexibility index (Phi) is 5.38. The molecule has 0 saturated carbocycles. The summed E-state index contributed by atoms with van der Waals surface area (Å²) in [5.41, 5.74) is 0.737. The summed E-state index contributed by atoms with van der Waals surface area (Å²) in [6.45, 7) is 4.98. The minimum atomic E-state index is -0.413. The molecule has 1 aromatic carbocycles. The van der Waals surface area contributed by atoms with Gasteiger partial charge in [0.1, 0.15) is 10.0 Å². The molecular weight excluding hydrogens is 356 g/mol. The standard InChI is InChI=1S/C13H15BrN4O2S/c1-3-11(15-4-2)13-17-16-12(21-13)8-5-9(14)7-10(6-8)18(19)20/h5-7,11,15H,3-4H2,1-2H3. The molecular formula is C13H15BrN4O2S. The molecule has 112 valence electrons. The van der Waals surface area contributed by atoms with E-state index in [1.165, 1.54) is 23.5 Å². The van der Waals surface area contributed by atoms with Crippen molar-refractivity contribution in [1.29, 1.82) is 0 Å². The van der Waals surface area contributed by atoms with Crippen molar-refractivity contribution in [2.75, 3.05) is 6.54 Å². The lowest BCUT2D eigenvalue weighted by Crippen LogP contribution is -2.19. The van der Waals surface area contributed by atoms with Gasteiger partial charge in [0.05, 0.1) is 11.0 Å². The molecule has 1 aromatic heterocycles. The normalized spacial score (nSPS) is 12.3. The minimum absolute atomic E-state index is 0.0369. The Morgan fingerprint density at radius 2 is 2.14 bits per heavy atom. The largest absolute Gasteiger partial charge is 0.308 e. The Labute approximate surface area is 134 Å². The zero-order valence-corrected chi connectivity index (χ0v) is 14.1. The average molecular weight is 371 g/mol. The van der Waals surface area contributed by atoms with Crippen molar-refractivity contribution in [3.05, 3.63) is 37.8 Å². The molecule has 0 aliphatic rings. The molecule has 21 heavy (non-hydrogen) atoms. The zero-order valence-electron chi connectivity index (χ0n) is 11.7. The molecule has 0 radical (unpaired) electrons. The smallest absolute Gasteiger partial charge is 0.271 e. The third-order valence-corrected chi connectivity index (χ3v) is 4.48. The van der Waals surface area contributed by atoms with Crippen LogP contribution in [0.2, 0.25) is 0 Å². The molecule has 0 amide bonds. The molecule has 1 heterocycles. The van der Waals surface area contributed by atoms with Crippen LogP contribution in [0.15, 0.2) is 22.7 Å². The topological polar surface area (TPSA) is 81.0 Å². The van der Waals surface area contributed by atoms with Crippen molar-refractivity contribution in [3.63, 3.8) is 0 Å². The van der Waals surface area contributed by atoms with Crippen molar-refractivity contribution in [2.45, 2.75) is 26.3 Å². The van der Waals surface area contributed by atoms with E-state index in [1.807, 2.05) is 13.0 Å². The van der Waals surface area contributed by atoms with Crippen LogP contribution in [-0.4, -0.2) is 21.7 Å². The summed E-state index contributed by atoms with van der Waals surface area (Å²) in [5, 5.41) is 24.2. The number of nitrogens with zero attached hydrogens (tertiary/aromatic N) is 3. The highest BCUT2D eigenvalue weighted by atomic mass is 79.9. The second-order valence-electron chi connectivity index (χ2n) is 4.42. The molecule has 0 bridgehead atoms. The van der Waals surface area contributed by atoms with Gasteiger partial charge in [0.25, 0.3) is 5.69 Å². The van der Waals surface area contributed by atoms with E-state index in [0.29, 0.717) is 15.0 Å². The second-order valence-corrected chi connectivity index (χ2v) is 6.34. The molecule has 6 nitrogen and oxygen atoms in total.